The molecular weight excluding hydrogens is 236 g/mol. The van der Waals surface area contributed by atoms with Gasteiger partial charge in [0.1, 0.15) is 0 Å². The van der Waals surface area contributed by atoms with Gasteiger partial charge in [-0.3, -0.25) is 4.79 Å². The number of benzene rings is 1. The van der Waals surface area contributed by atoms with Crippen LogP contribution in [0.15, 0.2) is 30.3 Å². The van der Waals surface area contributed by atoms with E-state index >= 15 is 0 Å². The van der Waals surface area contributed by atoms with E-state index in [1.807, 2.05) is 30.3 Å². The van der Waals surface area contributed by atoms with Crippen molar-refractivity contribution in [2.45, 2.75) is 50.2 Å². The predicted octanol–water partition coefficient (Wildman–Crippen LogP) is 2.43. The topological polar surface area (TPSA) is 32.3 Å². The van der Waals surface area contributed by atoms with Crippen molar-refractivity contribution in [2.24, 2.45) is 0 Å². The van der Waals surface area contributed by atoms with Crippen molar-refractivity contribution in [3.05, 3.63) is 35.9 Å². The Labute approximate surface area is 115 Å². The fraction of sp³-hybridized carbons (Fsp3) is 0.562. The van der Waals surface area contributed by atoms with Crippen LogP contribution in [-0.2, 0) is 0 Å². The average molecular weight is 258 g/mol. The molecule has 0 aliphatic carbocycles. The Morgan fingerprint density at radius 2 is 1.79 bits per heavy atom. The van der Waals surface area contributed by atoms with Gasteiger partial charge in [0.25, 0.3) is 5.91 Å². The first-order valence-electron chi connectivity index (χ1n) is 7.32. The highest BCUT2D eigenvalue weighted by atomic mass is 16.1. The minimum atomic E-state index is 0.0771. The number of nitrogens with one attached hydrogen (secondary N) is 1. The number of amides is 1. The van der Waals surface area contributed by atoms with Gasteiger partial charge >= 0.3 is 0 Å². The summed E-state index contributed by atoms with van der Waals surface area (Å²) in [6, 6.07) is 11.2. The molecule has 2 heterocycles. The maximum absolute atomic E-state index is 12.2. The smallest absolute Gasteiger partial charge is 0.251 e. The molecule has 2 atom stereocenters. The second kappa shape index (κ2) is 5.33. The summed E-state index contributed by atoms with van der Waals surface area (Å²) in [6.07, 6.45) is 6.12. The summed E-state index contributed by atoms with van der Waals surface area (Å²) >= 11 is 0. The third kappa shape index (κ3) is 2.66. The van der Waals surface area contributed by atoms with Crippen LogP contribution in [0.25, 0.3) is 0 Å². The summed E-state index contributed by atoms with van der Waals surface area (Å²) in [4.78, 5) is 14.7. The molecule has 2 fully saturated rings. The van der Waals surface area contributed by atoms with E-state index in [0.29, 0.717) is 18.1 Å². The maximum atomic E-state index is 12.2. The zero-order chi connectivity index (χ0) is 13.2. The number of carbonyl (C=O) groups is 1. The van der Waals surface area contributed by atoms with E-state index in [9.17, 15) is 4.79 Å². The van der Waals surface area contributed by atoms with Crippen molar-refractivity contribution in [3.63, 3.8) is 0 Å². The fourth-order valence-electron chi connectivity index (χ4n) is 3.59. The Kier molecular flexibility index (Phi) is 3.56. The van der Waals surface area contributed by atoms with Crippen LogP contribution in [0, 0.1) is 0 Å². The number of hydrogen-bond donors (Lipinski definition) is 1. The van der Waals surface area contributed by atoms with Crippen LogP contribution in [0.3, 0.4) is 0 Å². The summed E-state index contributed by atoms with van der Waals surface area (Å²) in [5, 5.41) is 3.22. The Morgan fingerprint density at radius 1 is 1.16 bits per heavy atom. The lowest BCUT2D eigenvalue weighted by molar-refractivity contribution is 0.0463. The van der Waals surface area contributed by atoms with E-state index in [0.717, 1.165) is 18.4 Å². The predicted molar refractivity (Wildman–Crippen MR) is 76.1 cm³/mol. The quantitative estimate of drug-likeness (QED) is 0.883. The molecule has 1 amide bonds. The fourth-order valence-corrected chi connectivity index (χ4v) is 3.59. The number of rotatable bonds is 2. The van der Waals surface area contributed by atoms with Crippen molar-refractivity contribution in [2.75, 3.05) is 7.05 Å². The zero-order valence-electron chi connectivity index (χ0n) is 11.5. The van der Waals surface area contributed by atoms with E-state index in [1.165, 1.54) is 19.3 Å². The Balaban J connectivity index is 1.63. The van der Waals surface area contributed by atoms with Crippen LogP contribution < -0.4 is 5.32 Å². The van der Waals surface area contributed by atoms with Gasteiger partial charge in [0.05, 0.1) is 0 Å². The highest BCUT2D eigenvalue weighted by molar-refractivity contribution is 5.94. The van der Waals surface area contributed by atoms with Crippen LogP contribution in [0.4, 0.5) is 0 Å². The van der Waals surface area contributed by atoms with Gasteiger partial charge in [0.15, 0.2) is 0 Å². The van der Waals surface area contributed by atoms with Crippen LogP contribution in [0.1, 0.15) is 42.5 Å². The summed E-state index contributed by atoms with van der Waals surface area (Å²) in [5.74, 6) is 0.0771. The van der Waals surface area contributed by atoms with Gasteiger partial charge in [-0.2, -0.15) is 0 Å². The number of piperidine rings is 2. The zero-order valence-corrected chi connectivity index (χ0v) is 11.5. The monoisotopic (exact) mass is 258 g/mol. The maximum Gasteiger partial charge on any atom is 0.251 e. The largest absolute Gasteiger partial charge is 0.349 e. The van der Waals surface area contributed by atoms with Gasteiger partial charge in [0.2, 0.25) is 0 Å². The molecule has 3 rings (SSSR count). The van der Waals surface area contributed by atoms with Crippen molar-refractivity contribution in [3.8, 4) is 0 Å². The number of hydrogen-bond acceptors (Lipinski definition) is 2. The molecule has 102 valence electrons. The molecule has 1 aromatic carbocycles. The third-order valence-electron chi connectivity index (χ3n) is 4.71. The minimum Gasteiger partial charge on any atom is -0.349 e. The van der Waals surface area contributed by atoms with Crippen molar-refractivity contribution in [1.82, 2.24) is 10.2 Å². The van der Waals surface area contributed by atoms with Gasteiger partial charge < -0.3 is 10.2 Å². The molecule has 2 unspecified atom stereocenters. The van der Waals surface area contributed by atoms with Crippen LogP contribution in [0.5, 0.6) is 0 Å². The van der Waals surface area contributed by atoms with E-state index in [-0.39, 0.29) is 5.91 Å². The van der Waals surface area contributed by atoms with Crippen molar-refractivity contribution in [1.29, 1.82) is 0 Å². The number of carbonyl (C=O) groups excluding carboxylic acids is 1. The molecule has 2 aliphatic heterocycles. The molecule has 1 aromatic rings. The minimum absolute atomic E-state index is 0.0771. The lowest BCUT2D eigenvalue weighted by Gasteiger charge is -2.47. The van der Waals surface area contributed by atoms with Gasteiger partial charge in [-0.05, 0) is 44.9 Å². The van der Waals surface area contributed by atoms with Crippen LogP contribution in [-0.4, -0.2) is 36.0 Å². The van der Waals surface area contributed by atoms with Crippen molar-refractivity contribution < 1.29 is 4.79 Å². The Morgan fingerprint density at radius 3 is 2.42 bits per heavy atom. The summed E-state index contributed by atoms with van der Waals surface area (Å²) < 4.78 is 0. The van der Waals surface area contributed by atoms with Gasteiger partial charge in [0, 0.05) is 23.7 Å². The molecule has 3 nitrogen and oxygen atoms in total. The number of nitrogens with zero attached hydrogens (tertiary/aromatic N) is 1. The summed E-state index contributed by atoms with van der Waals surface area (Å²) in [7, 11) is 2.24. The molecule has 1 N–H and O–H groups in total. The second-order valence-corrected chi connectivity index (χ2v) is 5.91. The standard InChI is InChI=1S/C16H22N2O/c1-18-14-8-5-9-15(18)11-13(10-14)17-16(19)12-6-3-2-4-7-12/h2-4,6-7,13-15H,5,8-11H2,1H3,(H,17,19). The molecule has 2 aliphatic rings. The Bertz CT molecular complexity index is 431. The van der Waals surface area contributed by atoms with Gasteiger partial charge in [-0.25, -0.2) is 0 Å². The van der Waals surface area contributed by atoms with Crippen LogP contribution >= 0.6 is 0 Å². The third-order valence-corrected chi connectivity index (χ3v) is 4.71. The molecule has 2 bridgehead atoms. The Hall–Kier alpha value is -1.35. The second-order valence-electron chi connectivity index (χ2n) is 5.91. The molecule has 2 saturated heterocycles. The first-order valence-corrected chi connectivity index (χ1v) is 7.32. The first-order chi connectivity index (χ1) is 9.24. The molecule has 19 heavy (non-hydrogen) atoms. The molecule has 0 saturated carbocycles. The molecule has 0 spiro atoms. The first kappa shape index (κ1) is 12.7. The molecule has 3 heteroatoms. The van der Waals surface area contributed by atoms with Gasteiger partial charge in [-0.15, -0.1) is 0 Å². The highest BCUT2D eigenvalue weighted by Gasteiger charge is 2.36. The lowest BCUT2D eigenvalue weighted by atomic mass is 9.82. The molecule has 0 aromatic heterocycles. The normalized spacial score (nSPS) is 30.9. The van der Waals surface area contributed by atoms with Gasteiger partial charge in [-0.1, -0.05) is 24.6 Å². The van der Waals surface area contributed by atoms with E-state index < -0.39 is 0 Å². The lowest BCUT2D eigenvalue weighted by Crippen LogP contribution is -2.55. The average Bonchev–Trinajstić information content (AvgIpc) is 2.41. The summed E-state index contributed by atoms with van der Waals surface area (Å²) in [6.45, 7) is 0. The number of fused-ring (bicyclic) bond motifs is 2. The van der Waals surface area contributed by atoms with E-state index in [2.05, 4.69) is 17.3 Å². The summed E-state index contributed by atoms with van der Waals surface area (Å²) in [5.41, 5.74) is 0.770. The van der Waals surface area contributed by atoms with E-state index in [4.69, 9.17) is 0 Å². The molecule has 0 radical (unpaired) electrons. The highest BCUT2D eigenvalue weighted by Crippen LogP contribution is 2.32. The SMILES string of the molecule is CN1C2CCCC1CC(NC(=O)c1ccccc1)C2. The molecular formula is C16H22N2O. The van der Waals surface area contributed by atoms with Crippen LogP contribution in [0.2, 0.25) is 0 Å². The van der Waals surface area contributed by atoms with Crippen molar-refractivity contribution >= 4 is 5.91 Å². The van der Waals surface area contributed by atoms with E-state index in [1.54, 1.807) is 0 Å².